The molecule has 5 heterocycles. The van der Waals surface area contributed by atoms with Crippen LogP contribution in [0.1, 0.15) is 74.4 Å². The summed E-state index contributed by atoms with van der Waals surface area (Å²) in [6.45, 7) is 5.93. The van der Waals surface area contributed by atoms with E-state index in [9.17, 15) is 4.79 Å². The SMILES string of the molecule is CC(C)CC(=O)N1CC2(C[C@H]1c1ncc(-c3ccc4c(c3)C(F)(F)C(F)(F)c3cc(-c5ccc6nc([C@@H]7CCCN7)[nH]c6c5)ccc3-4)[nH]1)OCCO2. The Morgan fingerprint density at radius 2 is 1.58 bits per heavy atom. The molecule has 3 saturated heterocycles. The molecule has 3 aromatic carbocycles. The van der Waals surface area contributed by atoms with E-state index in [1.165, 1.54) is 24.4 Å². The van der Waals surface area contributed by atoms with Gasteiger partial charge in [0.05, 0.1) is 54.8 Å². The number of benzene rings is 3. The summed E-state index contributed by atoms with van der Waals surface area (Å²) < 4.78 is 75.9. The van der Waals surface area contributed by atoms with Gasteiger partial charge in [-0.05, 0) is 71.8 Å². The molecule has 9 nitrogen and oxygen atoms in total. The Balaban J connectivity index is 1.04. The number of carbonyl (C=O) groups excluding carboxylic acids is 1. The Labute approximate surface area is 297 Å². The number of halogens is 4. The minimum atomic E-state index is -4.50. The number of nitrogens with zero attached hydrogens (tertiary/aromatic N) is 3. The van der Waals surface area contributed by atoms with Gasteiger partial charge in [0.25, 0.3) is 0 Å². The van der Waals surface area contributed by atoms with Crippen molar-refractivity contribution in [3.05, 3.63) is 83.6 Å². The monoisotopic (exact) mass is 714 g/mol. The number of aromatic amines is 2. The zero-order valence-corrected chi connectivity index (χ0v) is 28.7. The Morgan fingerprint density at radius 3 is 2.27 bits per heavy atom. The van der Waals surface area contributed by atoms with E-state index in [0.717, 1.165) is 42.3 Å². The minimum absolute atomic E-state index is 0.0393. The number of imidazole rings is 2. The highest BCUT2D eigenvalue weighted by Gasteiger charge is 2.63. The van der Waals surface area contributed by atoms with Crippen molar-refractivity contribution < 1.29 is 31.8 Å². The van der Waals surface area contributed by atoms with E-state index >= 15 is 17.6 Å². The molecule has 52 heavy (non-hydrogen) atoms. The zero-order chi connectivity index (χ0) is 36.0. The molecule has 2 aromatic heterocycles. The van der Waals surface area contributed by atoms with Crippen LogP contribution in [-0.2, 0) is 26.1 Å². The first-order chi connectivity index (χ1) is 24.9. The highest BCUT2D eigenvalue weighted by molar-refractivity contribution is 5.85. The van der Waals surface area contributed by atoms with Gasteiger partial charge in [0.2, 0.25) is 5.91 Å². The van der Waals surface area contributed by atoms with Crippen molar-refractivity contribution in [3.63, 3.8) is 0 Å². The molecule has 1 spiro atoms. The van der Waals surface area contributed by atoms with Gasteiger partial charge in [-0.15, -0.1) is 0 Å². The van der Waals surface area contributed by atoms with Crippen molar-refractivity contribution in [2.45, 2.75) is 69.2 Å². The third kappa shape index (κ3) is 5.27. The number of H-pyrrole nitrogens is 2. The lowest BCUT2D eigenvalue weighted by Gasteiger charge is -2.35. The van der Waals surface area contributed by atoms with Crippen LogP contribution in [0.25, 0.3) is 44.5 Å². The number of amides is 1. The Morgan fingerprint density at radius 1 is 0.904 bits per heavy atom. The maximum Gasteiger partial charge on any atom is 0.340 e. The highest BCUT2D eigenvalue weighted by atomic mass is 19.3. The van der Waals surface area contributed by atoms with Crippen molar-refractivity contribution >= 4 is 16.9 Å². The molecule has 0 bridgehead atoms. The van der Waals surface area contributed by atoms with Crippen LogP contribution >= 0.6 is 0 Å². The van der Waals surface area contributed by atoms with Crippen LogP contribution in [-0.4, -0.2) is 62.8 Å². The number of alkyl halides is 4. The standard InChI is InChI=1S/C39H38F4N6O3/c1-21(2)14-34(50)49-20-37(51-12-13-52-37)18-33(49)36-45-19-32(48-36)24-6-9-26-25-8-5-22(15-27(25)38(40,41)39(42,43)28(26)16-24)23-7-10-29-31(17-23)47-35(46-29)30-4-3-11-44-30/h5-10,15-17,19,21,30,33,44H,3-4,11-14,18,20H2,1-2H3,(H,45,48)(H,46,47)/t30-,33-/m0/s1. The van der Waals surface area contributed by atoms with Crippen LogP contribution in [0.4, 0.5) is 17.6 Å². The van der Waals surface area contributed by atoms with Crippen LogP contribution < -0.4 is 5.32 Å². The lowest BCUT2D eigenvalue weighted by atomic mass is 9.78. The molecule has 1 aliphatic carbocycles. The molecule has 3 aliphatic heterocycles. The summed E-state index contributed by atoms with van der Waals surface area (Å²) in [5.74, 6) is -8.60. The van der Waals surface area contributed by atoms with Crippen molar-refractivity contribution in [1.82, 2.24) is 30.2 Å². The fourth-order valence-electron chi connectivity index (χ4n) is 8.23. The molecule has 0 saturated carbocycles. The van der Waals surface area contributed by atoms with E-state index in [0.29, 0.717) is 48.7 Å². The lowest BCUT2D eigenvalue weighted by molar-refractivity contribution is -0.225. The average Bonchev–Trinajstić information content (AvgIpc) is 3.97. The van der Waals surface area contributed by atoms with E-state index < -0.39 is 34.8 Å². The zero-order valence-electron chi connectivity index (χ0n) is 28.7. The Kier molecular flexibility index (Phi) is 7.66. The summed E-state index contributed by atoms with van der Waals surface area (Å²) in [5, 5.41) is 3.41. The maximum absolute atomic E-state index is 16.0. The molecule has 13 heteroatoms. The van der Waals surface area contributed by atoms with Crippen LogP contribution in [0.15, 0.2) is 60.8 Å². The van der Waals surface area contributed by atoms with Crippen molar-refractivity contribution in [2.75, 3.05) is 26.3 Å². The summed E-state index contributed by atoms with van der Waals surface area (Å²) in [7, 11) is 0. The fraction of sp³-hybridized carbons (Fsp3) is 0.410. The number of likely N-dealkylation sites (tertiary alicyclic amines) is 1. The molecule has 3 fully saturated rings. The molecule has 4 aliphatic rings. The second-order valence-electron chi connectivity index (χ2n) is 14.8. The first-order valence-electron chi connectivity index (χ1n) is 17.8. The Hall–Kier alpha value is -4.59. The summed E-state index contributed by atoms with van der Waals surface area (Å²) in [6.07, 6.45) is 4.19. The van der Waals surface area contributed by atoms with E-state index in [-0.39, 0.29) is 41.1 Å². The number of hydrogen-bond donors (Lipinski definition) is 3. The van der Waals surface area contributed by atoms with E-state index in [1.54, 1.807) is 23.1 Å². The highest BCUT2D eigenvalue weighted by Crippen LogP contribution is 2.59. The van der Waals surface area contributed by atoms with Crippen LogP contribution in [0, 0.1) is 5.92 Å². The molecule has 0 unspecified atom stereocenters. The molecule has 9 rings (SSSR count). The molecule has 1 amide bonds. The lowest BCUT2D eigenvalue weighted by Crippen LogP contribution is -2.39. The number of nitrogens with one attached hydrogen (secondary N) is 3. The third-order valence-corrected chi connectivity index (χ3v) is 10.9. The number of fused-ring (bicyclic) bond motifs is 4. The second-order valence-corrected chi connectivity index (χ2v) is 14.8. The average molecular weight is 715 g/mol. The van der Waals surface area contributed by atoms with Gasteiger partial charge < -0.3 is 29.7 Å². The van der Waals surface area contributed by atoms with Gasteiger partial charge >= 0.3 is 11.8 Å². The van der Waals surface area contributed by atoms with Gasteiger partial charge in [-0.25, -0.2) is 9.97 Å². The topological polar surface area (TPSA) is 108 Å². The van der Waals surface area contributed by atoms with Gasteiger partial charge in [-0.1, -0.05) is 44.2 Å². The van der Waals surface area contributed by atoms with Gasteiger partial charge in [0.1, 0.15) is 11.6 Å². The third-order valence-electron chi connectivity index (χ3n) is 10.9. The Bertz CT molecular complexity index is 2200. The minimum Gasteiger partial charge on any atom is -0.346 e. The van der Waals surface area contributed by atoms with Crippen molar-refractivity contribution in [3.8, 4) is 33.5 Å². The van der Waals surface area contributed by atoms with Gasteiger partial charge in [0.15, 0.2) is 5.79 Å². The molecule has 2 atom stereocenters. The van der Waals surface area contributed by atoms with Crippen LogP contribution in [0.2, 0.25) is 0 Å². The first-order valence-corrected chi connectivity index (χ1v) is 17.8. The smallest absolute Gasteiger partial charge is 0.340 e. The van der Waals surface area contributed by atoms with Crippen molar-refractivity contribution in [2.24, 2.45) is 5.92 Å². The largest absolute Gasteiger partial charge is 0.346 e. The summed E-state index contributed by atoms with van der Waals surface area (Å²) in [4.78, 5) is 30.7. The summed E-state index contributed by atoms with van der Waals surface area (Å²) >= 11 is 0. The van der Waals surface area contributed by atoms with E-state index in [4.69, 9.17) is 9.47 Å². The molecule has 3 N–H and O–H groups in total. The first kappa shape index (κ1) is 33.3. The maximum atomic E-state index is 16.0. The molecular weight excluding hydrogens is 676 g/mol. The van der Waals surface area contributed by atoms with Crippen LogP contribution in [0.3, 0.4) is 0 Å². The van der Waals surface area contributed by atoms with Crippen LogP contribution in [0.5, 0.6) is 0 Å². The molecule has 0 radical (unpaired) electrons. The number of hydrogen-bond acceptors (Lipinski definition) is 6. The van der Waals surface area contributed by atoms with E-state index in [1.807, 2.05) is 26.0 Å². The fourth-order valence-corrected chi connectivity index (χ4v) is 8.23. The number of rotatable bonds is 6. The van der Waals surface area contributed by atoms with Gasteiger partial charge in [0, 0.05) is 29.5 Å². The molecule has 270 valence electrons. The number of carbonyl (C=O) groups is 1. The molecular formula is C39H38F4N6O3. The normalized spacial score (nSPS) is 22.8. The molecule has 5 aromatic rings. The quantitative estimate of drug-likeness (QED) is 0.154. The van der Waals surface area contributed by atoms with Gasteiger partial charge in [-0.3, -0.25) is 4.79 Å². The summed E-state index contributed by atoms with van der Waals surface area (Å²) in [5.41, 5.74) is 1.75. The van der Waals surface area contributed by atoms with Gasteiger partial charge in [-0.2, -0.15) is 17.6 Å². The number of aromatic nitrogens is 4. The summed E-state index contributed by atoms with van der Waals surface area (Å²) in [6, 6.07) is 13.6. The van der Waals surface area contributed by atoms with E-state index in [2.05, 4.69) is 25.3 Å². The second kappa shape index (κ2) is 12.0. The predicted molar refractivity (Wildman–Crippen MR) is 185 cm³/mol. The van der Waals surface area contributed by atoms with Crippen molar-refractivity contribution in [1.29, 1.82) is 0 Å². The predicted octanol–water partition coefficient (Wildman–Crippen LogP) is 7.97. The number of ether oxygens (including phenoxy) is 2.